The lowest BCUT2D eigenvalue weighted by molar-refractivity contribution is -0.139. The zero-order chi connectivity index (χ0) is 29.0. The Morgan fingerprint density at radius 1 is 1.12 bits per heavy atom. The number of allylic oxidation sites excluding steroid dienone is 1. The first-order valence-electron chi connectivity index (χ1n) is 12.3. The Kier molecular flexibility index (Phi) is 9.16. The number of methoxy groups -OCH3 is 3. The van der Waals surface area contributed by atoms with Crippen LogP contribution < -0.4 is 33.8 Å². The molecule has 0 unspecified atom stereocenters. The first-order valence-corrected chi connectivity index (χ1v) is 13.9. The summed E-state index contributed by atoms with van der Waals surface area (Å²) >= 11 is 4.76. The van der Waals surface area contributed by atoms with Gasteiger partial charge in [-0.1, -0.05) is 30.1 Å². The molecule has 0 fully saturated rings. The highest BCUT2D eigenvalue weighted by Gasteiger charge is 2.34. The van der Waals surface area contributed by atoms with Gasteiger partial charge in [0.15, 0.2) is 27.8 Å². The molecule has 2 aromatic carbocycles. The van der Waals surface area contributed by atoms with Crippen molar-refractivity contribution in [3.05, 3.63) is 89.5 Å². The number of benzene rings is 2. The summed E-state index contributed by atoms with van der Waals surface area (Å²) in [7, 11) is 4.61. The van der Waals surface area contributed by atoms with Gasteiger partial charge in [0, 0.05) is 0 Å². The Hall–Kier alpha value is -3.83. The van der Waals surface area contributed by atoms with Crippen LogP contribution in [0.1, 0.15) is 31.0 Å². The molecular formula is C29H29BrN2O7S. The largest absolute Gasteiger partial charge is 0.493 e. The van der Waals surface area contributed by atoms with Crippen molar-refractivity contribution in [3.63, 3.8) is 0 Å². The van der Waals surface area contributed by atoms with Gasteiger partial charge in [0.1, 0.15) is 6.61 Å². The van der Waals surface area contributed by atoms with E-state index in [-0.39, 0.29) is 17.7 Å². The maximum atomic E-state index is 13.9. The van der Waals surface area contributed by atoms with Gasteiger partial charge in [-0.3, -0.25) is 9.36 Å². The topological polar surface area (TPSA) is 97.6 Å². The van der Waals surface area contributed by atoms with Crippen LogP contribution in [0.15, 0.2) is 68.5 Å². The summed E-state index contributed by atoms with van der Waals surface area (Å²) in [5.41, 5.74) is 1.81. The molecule has 0 spiro atoms. The predicted octanol–water partition coefficient (Wildman–Crippen LogP) is 4.15. The Labute approximate surface area is 243 Å². The van der Waals surface area contributed by atoms with Crippen LogP contribution in [-0.2, 0) is 9.53 Å². The lowest BCUT2D eigenvalue weighted by atomic mass is 9.95. The summed E-state index contributed by atoms with van der Waals surface area (Å²) < 4.78 is 30.1. The number of rotatable bonds is 10. The molecule has 0 saturated carbocycles. The summed E-state index contributed by atoms with van der Waals surface area (Å²) in [5, 5.41) is 0. The van der Waals surface area contributed by atoms with Gasteiger partial charge in [0.25, 0.3) is 5.56 Å². The molecule has 1 aliphatic heterocycles. The number of aromatic nitrogens is 1. The number of esters is 1. The third-order valence-corrected chi connectivity index (χ3v) is 7.71. The van der Waals surface area contributed by atoms with E-state index >= 15 is 0 Å². The van der Waals surface area contributed by atoms with Gasteiger partial charge in [-0.2, -0.15) is 0 Å². The van der Waals surface area contributed by atoms with Crippen LogP contribution in [0, 0.1) is 0 Å². The molecule has 9 nitrogen and oxygen atoms in total. The molecule has 11 heteroatoms. The predicted molar refractivity (Wildman–Crippen MR) is 156 cm³/mol. The Morgan fingerprint density at radius 2 is 1.85 bits per heavy atom. The Balaban J connectivity index is 1.93. The quantitative estimate of drug-likeness (QED) is 0.246. The molecule has 1 atom stereocenters. The summed E-state index contributed by atoms with van der Waals surface area (Å²) in [5.74, 6) is 1.48. The van der Waals surface area contributed by atoms with Crippen molar-refractivity contribution in [1.29, 1.82) is 0 Å². The molecule has 0 saturated heterocycles. The zero-order valence-electron chi connectivity index (χ0n) is 22.8. The summed E-state index contributed by atoms with van der Waals surface area (Å²) in [4.78, 5) is 32.2. The molecule has 3 aromatic rings. The minimum Gasteiger partial charge on any atom is -0.493 e. The minimum atomic E-state index is -0.784. The number of hydrogen-bond donors (Lipinski definition) is 0. The normalized spacial score (nSPS) is 14.8. The molecule has 0 aliphatic carbocycles. The number of nitrogens with zero attached hydrogens (tertiary/aromatic N) is 2. The summed E-state index contributed by atoms with van der Waals surface area (Å²) in [6.07, 6.45) is 3.39. The number of ether oxygens (including phenoxy) is 5. The van der Waals surface area contributed by atoms with Crippen LogP contribution in [0.2, 0.25) is 0 Å². The molecule has 2 heterocycles. The fraction of sp³-hybridized carbons (Fsp3) is 0.276. The van der Waals surface area contributed by atoms with E-state index in [9.17, 15) is 9.59 Å². The van der Waals surface area contributed by atoms with Crippen LogP contribution in [0.25, 0.3) is 6.08 Å². The van der Waals surface area contributed by atoms with Crippen molar-refractivity contribution in [2.75, 3.05) is 34.5 Å². The van der Waals surface area contributed by atoms with E-state index in [1.54, 1.807) is 64.5 Å². The second-order valence-electron chi connectivity index (χ2n) is 8.55. The highest BCUT2D eigenvalue weighted by Crippen LogP contribution is 2.38. The van der Waals surface area contributed by atoms with E-state index in [4.69, 9.17) is 23.7 Å². The van der Waals surface area contributed by atoms with Gasteiger partial charge < -0.3 is 23.7 Å². The van der Waals surface area contributed by atoms with Crippen LogP contribution in [-0.4, -0.2) is 45.1 Å². The van der Waals surface area contributed by atoms with E-state index < -0.39 is 12.0 Å². The average Bonchev–Trinajstić information content (AvgIpc) is 3.24. The fourth-order valence-corrected chi connectivity index (χ4v) is 6.01. The molecule has 210 valence electrons. The smallest absolute Gasteiger partial charge is 0.338 e. The van der Waals surface area contributed by atoms with Gasteiger partial charge >= 0.3 is 5.97 Å². The van der Waals surface area contributed by atoms with Gasteiger partial charge in [0.05, 0.1) is 54.3 Å². The van der Waals surface area contributed by atoms with Crippen LogP contribution >= 0.6 is 27.3 Å². The first-order chi connectivity index (χ1) is 19.3. The minimum absolute atomic E-state index is 0.182. The van der Waals surface area contributed by atoms with Crippen molar-refractivity contribution in [3.8, 4) is 23.0 Å². The third-order valence-electron chi connectivity index (χ3n) is 6.14. The number of hydrogen-bond acceptors (Lipinski definition) is 9. The standard InChI is InChI=1S/C29H29BrN2O7S/c1-7-11-39-26-19(30)12-17(13-22(26)37-6)14-23-27(33)32-25(18-9-10-20(35-4)21(15-18)36-5)24(28(34)38-8-2)16(3)31-29(32)40-23/h7,9-10,12-15,25H,1,8,11H2,2-6H3/b23-14-/t25-/m0/s1. The van der Waals surface area contributed by atoms with E-state index in [2.05, 4.69) is 27.5 Å². The Morgan fingerprint density at radius 3 is 2.50 bits per heavy atom. The average molecular weight is 630 g/mol. The Bertz CT molecular complexity index is 1670. The van der Waals surface area contributed by atoms with Crippen molar-refractivity contribution in [1.82, 2.24) is 4.57 Å². The van der Waals surface area contributed by atoms with E-state index in [0.717, 1.165) is 0 Å². The van der Waals surface area contributed by atoms with Crippen LogP contribution in [0.4, 0.5) is 0 Å². The maximum absolute atomic E-state index is 13.9. The van der Waals surface area contributed by atoms with Crippen molar-refractivity contribution < 1.29 is 28.5 Å². The first kappa shape index (κ1) is 29.2. The lowest BCUT2D eigenvalue weighted by Crippen LogP contribution is -2.40. The number of carbonyl (C=O) groups is 1. The molecule has 4 rings (SSSR count). The molecule has 0 N–H and O–H groups in total. The maximum Gasteiger partial charge on any atom is 0.338 e. The van der Waals surface area contributed by atoms with Crippen molar-refractivity contribution >= 4 is 39.3 Å². The monoisotopic (exact) mass is 628 g/mol. The van der Waals surface area contributed by atoms with Gasteiger partial charge in [-0.15, -0.1) is 0 Å². The van der Waals surface area contributed by atoms with E-state index in [0.29, 0.717) is 60.2 Å². The number of carbonyl (C=O) groups excluding carboxylic acids is 1. The molecule has 0 bridgehead atoms. The van der Waals surface area contributed by atoms with Gasteiger partial charge in [-0.25, -0.2) is 9.79 Å². The molecule has 0 radical (unpaired) electrons. The van der Waals surface area contributed by atoms with Crippen LogP contribution in [0.3, 0.4) is 0 Å². The summed E-state index contributed by atoms with van der Waals surface area (Å²) in [6, 6.07) is 8.12. The highest BCUT2D eigenvalue weighted by atomic mass is 79.9. The highest BCUT2D eigenvalue weighted by molar-refractivity contribution is 9.10. The SMILES string of the molecule is C=CCOc1c(Br)cc(/C=c2\sc3n(c2=O)[C@@H](c2ccc(OC)c(OC)c2)C(C(=O)OCC)=C(C)N=3)cc1OC. The van der Waals surface area contributed by atoms with Crippen molar-refractivity contribution in [2.24, 2.45) is 4.99 Å². The summed E-state index contributed by atoms with van der Waals surface area (Å²) in [6.45, 7) is 7.64. The van der Waals surface area contributed by atoms with Gasteiger partial charge in [-0.05, 0) is 71.2 Å². The molecule has 1 aliphatic rings. The van der Waals surface area contributed by atoms with E-state index in [1.165, 1.54) is 23.0 Å². The lowest BCUT2D eigenvalue weighted by Gasteiger charge is -2.25. The second-order valence-corrected chi connectivity index (χ2v) is 10.4. The molecule has 40 heavy (non-hydrogen) atoms. The second kappa shape index (κ2) is 12.6. The number of thiazole rings is 1. The zero-order valence-corrected chi connectivity index (χ0v) is 25.2. The molecule has 1 aromatic heterocycles. The molecular weight excluding hydrogens is 600 g/mol. The molecule has 0 amide bonds. The fourth-order valence-electron chi connectivity index (χ4n) is 4.39. The third kappa shape index (κ3) is 5.57. The number of fused-ring (bicyclic) bond motifs is 1. The van der Waals surface area contributed by atoms with Gasteiger partial charge in [0.2, 0.25) is 0 Å². The number of halogens is 1. The van der Waals surface area contributed by atoms with E-state index in [1.807, 2.05) is 6.07 Å². The van der Waals surface area contributed by atoms with Crippen molar-refractivity contribution in [2.45, 2.75) is 19.9 Å². The van der Waals surface area contributed by atoms with Crippen LogP contribution in [0.5, 0.6) is 23.0 Å².